The molecule has 5 heteroatoms. The number of carbonyl (C=O) groups excluding carboxylic acids is 3. The van der Waals surface area contributed by atoms with Crippen molar-refractivity contribution in [1.82, 2.24) is 0 Å². The third-order valence-corrected chi connectivity index (χ3v) is 4.15. The number of carbonyl (C=O) groups is 3. The molecule has 0 radical (unpaired) electrons. The second kappa shape index (κ2) is 7.47. The first kappa shape index (κ1) is 18.6. The van der Waals surface area contributed by atoms with Crippen LogP contribution in [0.15, 0.2) is 29.9 Å². The van der Waals surface area contributed by atoms with Gasteiger partial charge in [0.1, 0.15) is 17.3 Å². The second-order valence-electron chi connectivity index (χ2n) is 6.45. The Hall–Kier alpha value is -2.69. The third kappa shape index (κ3) is 3.87. The molecule has 1 atom stereocenters. The predicted molar refractivity (Wildman–Crippen MR) is 94.5 cm³/mol. The minimum Gasteiger partial charge on any atom is -0.507 e. The molecule has 0 fully saturated rings. The molecule has 1 N–H and O–H groups in total. The molecule has 1 aromatic rings. The summed E-state index contributed by atoms with van der Waals surface area (Å²) in [6.45, 7) is 5.41. The van der Waals surface area contributed by atoms with E-state index in [1.54, 1.807) is 0 Å². The fraction of sp³-hybridized carbons (Fsp3) is 0.350. The van der Waals surface area contributed by atoms with Gasteiger partial charge in [-0.25, -0.2) is 0 Å². The normalized spacial score (nSPS) is 14.1. The zero-order valence-corrected chi connectivity index (χ0v) is 14.9. The van der Waals surface area contributed by atoms with Gasteiger partial charge >= 0.3 is 0 Å². The largest absolute Gasteiger partial charge is 0.507 e. The summed E-state index contributed by atoms with van der Waals surface area (Å²) in [5.74, 6) is -1.11. The van der Waals surface area contributed by atoms with Crippen LogP contribution in [0.5, 0.6) is 11.5 Å². The van der Waals surface area contributed by atoms with Crippen LogP contribution in [-0.2, 0) is 4.79 Å². The highest BCUT2D eigenvalue weighted by Gasteiger charge is 2.31. The smallest absolute Gasteiger partial charge is 0.190 e. The molecule has 0 heterocycles. The van der Waals surface area contributed by atoms with E-state index in [0.29, 0.717) is 12.0 Å². The zero-order chi connectivity index (χ0) is 18.7. The molecule has 5 nitrogen and oxygen atoms in total. The molecule has 0 spiro atoms. The van der Waals surface area contributed by atoms with Gasteiger partial charge in [-0.15, -0.1) is 0 Å². The number of phenols is 1. The molecule has 1 aromatic carbocycles. The zero-order valence-electron chi connectivity index (χ0n) is 14.9. The standard InChI is InChI=1S/C20H22O5/c1-11(2)5-6-13(9-12(3)21)14-10-17(24)18-15(22)7-8-16(23)19(18)20(14)25-4/h5,7-8,10,13,24H,6,9H2,1-4H3. The molecular formula is C20H22O5. The number of hydrogen-bond donors (Lipinski definition) is 1. The van der Waals surface area contributed by atoms with Crippen molar-refractivity contribution in [2.75, 3.05) is 7.11 Å². The van der Waals surface area contributed by atoms with Crippen LogP contribution in [0.1, 0.15) is 65.8 Å². The molecule has 0 aliphatic heterocycles. The van der Waals surface area contributed by atoms with Crippen LogP contribution in [0.4, 0.5) is 0 Å². The highest BCUT2D eigenvalue weighted by Crippen LogP contribution is 2.42. The third-order valence-electron chi connectivity index (χ3n) is 4.15. The number of hydrogen-bond acceptors (Lipinski definition) is 5. The maximum absolute atomic E-state index is 12.3. The SMILES string of the molecule is COc1c(C(CC=C(C)C)CC(C)=O)cc(O)c2c1C(=O)C=CC2=O. The lowest BCUT2D eigenvalue weighted by molar-refractivity contribution is -0.117. The van der Waals surface area contributed by atoms with Gasteiger partial charge in [0.05, 0.1) is 18.2 Å². The van der Waals surface area contributed by atoms with Crippen LogP contribution < -0.4 is 4.74 Å². The Morgan fingerprint density at radius 1 is 1.16 bits per heavy atom. The molecule has 1 aliphatic carbocycles. The average molecular weight is 342 g/mol. The molecule has 2 rings (SSSR count). The Balaban J connectivity index is 2.67. The van der Waals surface area contributed by atoms with Crippen molar-refractivity contribution >= 4 is 17.3 Å². The van der Waals surface area contributed by atoms with Gasteiger partial charge in [-0.3, -0.25) is 9.59 Å². The summed E-state index contributed by atoms with van der Waals surface area (Å²) < 4.78 is 5.44. The van der Waals surface area contributed by atoms with Crippen LogP contribution >= 0.6 is 0 Å². The van der Waals surface area contributed by atoms with Crippen molar-refractivity contribution in [3.63, 3.8) is 0 Å². The molecule has 0 saturated heterocycles. The van der Waals surface area contributed by atoms with Crippen LogP contribution in [0.3, 0.4) is 0 Å². The number of ketones is 3. The molecule has 1 aliphatic rings. The molecule has 0 saturated carbocycles. The van der Waals surface area contributed by atoms with Gasteiger partial charge in [0.25, 0.3) is 0 Å². The first-order valence-electron chi connectivity index (χ1n) is 8.09. The van der Waals surface area contributed by atoms with Crippen LogP contribution in [0.25, 0.3) is 0 Å². The molecule has 0 bridgehead atoms. The van der Waals surface area contributed by atoms with E-state index in [1.807, 2.05) is 19.9 Å². The minimum absolute atomic E-state index is 0.00582. The first-order valence-corrected chi connectivity index (χ1v) is 8.09. The quantitative estimate of drug-likeness (QED) is 0.796. The van der Waals surface area contributed by atoms with E-state index in [1.165, 1.54) is 26.2 Å². The van der Waals surface area contributed by atoms with E-state index in [9.17, 15) is 19.5 Å². The van der Waals surface area contributed by atoms with E-state index >= 15 is 0 Å². The number of allylic oxidation sites excluding steroid dienone is 4. The lowest BCUT2D eigenvalue weighted by Gasteiger charge is -2.23. The summed E-state index contributed by atoms with van der Waals surface area (Å²) in [5, 5.41) is 10.3. The number of aromatic hydroxyl groups is 1. The number of methoxy groups -OCH3 is 1. The van der Waals surface area contributed by atoms with E-state index in [-0.39, 0.29) is 40.7 Å². The van der Waals surface area contributed by atoms with Crippen molar-refractivity contribution in [3.05, 3.63) is 46.6 Å². The molecule has 0 amide bonds. The summed E-state index contributed by atoms with van der Waals surface area (Å²) in [4.78, 5) is 36.1. The summed E-state index contributed by atoms with van der Waals surface area (Å²) >= 11 is 0. The van der Waals surface area contributed by atoms with Gasteiger partial charge in [-0.2, -0.15) is 0 Å². The van der Waals surface area contributed by atoms with Crippen molar-refractivity contribution in [2.45, 2.75) is 39.5 Å². The topological polar surface area (TPSA) is 80.7 Å². The highest BCUT2D eigenvalue weighted by atomic mass is 16.5. The summed E-state index contributed by atoms with van der Waals surface area (Å²) in [6, 6.07) is 1.44. The summed E-state index contributed by atoms with van der Waals surface area (Å²) in [5.41, 5.74) is 1.68. The van der Waals surface area contributed by atoms with Gasteiger partial charge in [-0.1, -0.05) is 11.6 Å². The van der Waals surface area contributed by atoms with Crippen molar-refractivity contribution < 1.29 is 24.2 Å². The summed E-state index contributed by atoms with van der Waals surface area (Å²) in [7, 11) is 1.41. The Bertz CT molecular complexity index is 795. The van der Waals surface area contributed by atoms with Gasteiger partial charge in [-0.05, 0) is 51.3 Å². The fourth-order valence-electron chi connectivity index (χ4n) is 3.04. The first-order chi connectivity index (χ1) is 11.8. The maximum atomic E-state index is 12.3. The fourth-order valence-corrected chi connectivity index (χ4v) is 3.04. The van der Waals surface area contributed by atoms with Gasteiger partial charge in [0.2, 0.25) is 0 Å². The van der Waals surface area contributed by atoms with E-state index < -0.39 is 11.6 Å². The lowest BCUT2D eigenvalue weighted by atomic mass is 9.84. The molecular weight excluding hydrogens is 320 g/mol. The Morgan fingerprint density at radius 3 is 2.28 bits per heavy atom. The Kier molecular flexibility index (Phi) is 5.57. The predicted octanol–water partition coefficient (Wildman–Crippen LogP) is 3.76. The van der Waals surface area contributed by atoms with Gasteiger partial charge in [0.15, 0.2) is 11.6 Å². The number of Topliss-reactive ketones (excluding diaryl/α,β-unsaturated/α-hetero) is 1. The van der Waals surface area contributed by atoms with E-state index in [2.05, 4.69) is 0 Å². The Labute approximate surface area is 147 Å². The molecule has 0 aromatic heterocycles. The van der Waals surface area contributed by atoms with E-state index in [4.69, 9.17) is 4.74 Å². The second-order valence-corrected chi connectivity index (χ2v) is 6.45. The molecule has 1 unspecified atom stereocenters. The van der Waals surface area contributed by atoms with Crippen molar-refractivity contribution in [1.29, 1.82) is 0 Å². The van der Waals surface area contributed by atoms with Crippen molar-refractivity contribution in [3.8, 4) is 11.5 Å². The number of benzene rings is 1. The highest BCUT2D eigenvalue weighted by molar-refractivity contribution is 6.24. The van der Waals surface area contributed by atoms with Crippen LogP contribution in [0.2, 0.25) is 0 Å². The molecule has 132 valence electrons. The van der Waals surface area contributed by atoms with Gasteiger partial charge < -0.3 is 14.6 Å². The molecule has 25 heavy (non-hydrogen) atoms. The van der Waals surface area contributed by atoms with E-state index in [0.717, 1.165) is 11.6 Å². The van der Waals surface area contributed by atoms with Crippen molar-refractivity contribution in [2.24, 2.45) is 0 Å². The number of phenolic OH excluding ortho intramolecular Hbond substituents is 1. The minimum atomic E-state index is -0.440. The van der Waals surface area contributed by atoms with Crippen LogP contribution in [0, 0.1) is 0 Å². The number of ether oxygens (including phenoxy) is 1. The Morgan fingerprint density at radius 2 is 1.76 bits per heavy atom. The van der Waals surface area contributed by atoms with Gasteiger partial charge in [0, 0.05) is 12.0 Å². The number of fused-ring (bicyclic) bond motifs is 1. The average Bonchev–Trinajstić information content (AvgIpc) is 2.53. The summed E-state index contributed by atoms with van der Waals surface area (Å²) in [6.07, 6.45) is 5.12. The maximum Gasteiger partial charge on any atom is 0.190 e. The lowest BCUT2D eigenvalue weighted by Crippen LogP contribution is -2.16. The van der Waals surface area contributed by atoms with Crippen LogP contribution in [-0.4, -0.2) is 29.6 Å². The monoisotopic (exact) mass is 342 g/mol. The number of rotatable bonds is 6.